The Morgan fingerprint density at radius 2 is 1.11 bits per heavy atom. The smallest absolute Gasteiger partial charge is 0.311 e. The molecule has 6 unspecified atom stereocenters. The van der Waals surface area contributed by atoms with E-state index in [1.165, 1.54) is 41.5 Å². The molecule has 5 heterocycles. The molecule has 5 rings (SSSR count). The summed E-state index contributed by atoms with van der Waals surface area (Å²) in [5, 5.41) is 90.7. The van der Waals surface area contributed by atoms with Crippen LogP contribution in [0.3, 0.4) is 0 Å². The Morgan fingerprint density at radius 1 is 0.557 bits per heavy atom. The average molecular weight is 1140 g/mol. The lowest BCUT2D eigenvalue weighted by Gasteiger charge is -2.50. The lowest BCUT2D eigenvalue weighted by molar-refractivity contribution is -0.399. The second-order valence-corrected chi connectivity index (χ2v) is 22.4. The number of hydrogen-bond donors (Lipinski definition) is 8. The maximum atomic E-state index is 14.1. The molecule has 5 saturated heterocycles. The van der Waals surface area contributed by atoms with Gasteiger partial charge in [0, 0.05) is 6.42 Å². The molecule has 5 fully saturated rings. The molecule has 8 N–H and O–H groups in total. The van der Waals surface area contributed by atoms with Crippen LogP contribution < -0.4 is 0 Å². The zero-order valence-electron chi connectivity index (χ0n) is 47.7. The van der Waals surface area contributed by atoms with Gasteiger partial charge in [-0.05, 0) is 74.1 Å². The SMILES string of the molecule is CCCCCC1CCCCCCCCCC(=O)O[C@@H]2[C@@H](O[C@@H]3O[C@H](C)[C@@H](OC(=O)C(C)CC)[C@H](O)[C@H]3O)[C@H](C)O[C@@H](O[C@H]3[C@H](O[C@H]4[C@H](O1)O[C@H](C)[C@@H](O)[C@@H]4O)O[C@H](COC(=O)C(C)C(C)O)[C@@H](O)[C@@H]3O)[C@@H]2OC(=O)C(C)C(C)O. The van der Waals surface area contributed by atoms with Crippen molar-refractivity contribution in [1.82, 2.24) is 0 Å². The van der Waals surface area contributed by atoms with Crippen molar-refractivity contribution in [3.63, 3.8) is 0 Å². The Morgan fingerprint density at radius 3 is 1.75 bits per heavy atom. The number of hydrogen-bond acceptors (Lipinski definition) is 24. The summed E-state index contributed by atoms with van der Waals surface area (Å²) in [6.45, 7) is 14.8. The zero-order chi connectivity index (χ0) is 58.4. The molecule has 5 aliphatic rings. The van der Waals surface area contributed by atoms with Gasteiger partial charge < -0.3 is 97.7 Å². The normalized spacial score (nSPS) is 40.5. The Hall–Kier alpha value is -2.76. The third kappa shape index (κ3) is 18.1. The number of rotatable bonds is 16. The molecular weight excluding hydrogens is 1040 g/mol. The van der Waals surface area contributed by atoms with Gasteiger partial charge in [-0.3, -0.25) is 19.2 Å². The summed E-state index contributed by atoms with van der Waals surface area (Å²) in [5.74, 6) is -6.06. The van der Waals surface area contributed by atoms with Crippen LogP contribution in [0.5, 0.6) is 0 Å². The maximum absolute atomic E-state index is 14.1. The molecule has 26 atom stereocenters. The van der Waals surface area contributed by atoms with Crippen LogP contribution in [0.15, 0.2) is 0 Å². The molecule has 0 saturated carbocycles. The number of fused-ring (bicyclic) bond motifs is 4. The van der Waals surface area contributed by atoms with Gasteiger partial charge in [0.2, 0.25) is 0 Å². The van der Waals surface area contributed by atoms with Crippen LogP contribution in [0.4, 0.5) is 0 Å². The third-order valence-electron chi connectivity index (χ3n) is 16.0. The molecule has 79 heavy (non-hydrogen) atoms. The first-order chi connectivity index (χ1) is 37.4. The summed E-state index contributed by atoms with van der Waals surface area (Å²) in [5.41, 5.74) is 0. The minimum Gasteiger partial charge on any atom is -0.463 e. The maximum Gasteiger partial charge on any atom is 0.311 e. The summed E-state index contributed by atoms with van der Waals surface area (Å²) in [4.78, 5) is 53.9. The molecule has 24 heteroatoms. The fourth-order valence-electron chi connectivity index (χ4n) is 10.0. The van der Waals surface area contributed by atoms with E-state index in [2.05, 4.69) is 6.92 Å². The standard InChI is InChI=1S/C55H94O24/c1-11-13-19-22-34-23-20-17-15-14-16-18-21-24-36(58)74-47-44(77-52-42(64)41(63)43(32(9)70-52)75-49(65)26(3)12-2)33(10)71-55(48(47)76-51(67)28(5)30(7)57)79-46-40(62)38(60)35(25-68-50(66)27(4)29(6)56)73-54(46)78-45-39(61)37(59)31(8)69-53(45)72-34/h26-35,37-48,52-57,59-64H,11-25H2,1-10H3/t26?,27?,28?,29?,30?,31-,32-,33+,34?,35-,37-,38-,39+,40+,41-,42-,43-,44+,45-,46-,47-,48-,52+,53+,54+,55+/m1/s1. The van der Waals surface area contributed by atoms with E-state index in [-0.39, 0.29) is 12.5 Å². The van der Waals surface area contributed by atoms with Gasteiger partial charge in [-0.1, -0.05) is 78.6 Å². The fraction of sp³-hybridized carbons (Fsp3) is 0.927. The van der Waals surface area contributed by atoms with Crippen molar-refractivity contribution in [1.29, 1.82) is 0 Å². The van der Waals surface area contributed by atoms with Crippen molar-refractivity contribution in [3.8, 4) is 0 Å². The zero-order valence-corrected chi connectivity index (χ0v) is 47.7. The third-order valence-corrected chi connectivity index (χ3v) is 16.0. The fourth-order valence-corrected chi connectivity index (χ4v) is 10.0. The van der Waals surface area contributed by atoms with Crippen LogP contribution in [-0.2, 0) is 76.0 Å². The van der Waals surface area contributed by atoms with Gasteiger partial charge >= 0.3 is 23.9 Å². The number of carbonyl (C=O) groups is 4. The Labute approximate surface area is 464 Å². The number of aliphatic hydroxyl groups excluding tert-OH is 8. The van der Waals surface area contributed by atoms with E-state index in [4.69, 9.17) is 56.8 Å². The van der Waals surface area contributed by atoms with Gasteiger partial charge in [-0.15, -0.1) is 0 Å². The second-order valence-electron chi connectivity index (χ2n) is 22.4. The van der Waals surface area contributed by atoms with Crippen LogP contribution >= 0.6 is 0 Å². The molecule has 0 radical (unpaired) electrons. The summed E-state index contributed by atoms with van der Waals surface area (Å²) >= 11 is 0. The van der Waals surface area contributed by atoms with Crippen molar-refractivity contribution in [3.05, 3.63) is 0 Å². The molecule has 0 aromatic rings. The van der Waals surface area contributed by atoms with Gasteiger partial charge in [0.1, 0.15) is 67.6 Å². The minimum atomic E-state index is -2.06. The van der Waals surface area contributed by atoms with E-state index >= 15 is 0 Å². The van der Waals surface area contributed by atoms with Crippen molar-refractivity contribution in [2.75, 3.05) is 6.61 Å². The summed E-state index contributed by atoms with van der Waals surface area (Å²) in [6.07, 6.45) is -25.9. The van der Waals surface area contributed by atoms with Gasteiger partial charge in [-0.25, -0.2) is 0 Å². The van der Waals surface area contributed by atoms with E-state index in [0.29, 0.717) is 32.1 Å². The van der Waals surface area contributed by atoms with Crippen LogP contribution in [0, 0.1) is 17.8 Å². The van der Waals surface area contributed by atoms with E-state index in [1.807, 2.05) is 0 Å². The highest BCUT2D eigenvalue weighted by Crippen LogP contribution is 2.38. The van der Waals surface area contributed by atoms with E-state index in [9.17, 15) is 60.0 Å². The van der Waals surface area contributed by atoms with E-state index < -0.39 is 183 Å². The molecule has 458 valence electrons. The molecular formula is C55H94O24. The molecule has 0 aromatic heterocycles. The highest BCUT2D eigenvalue weighted by Gasteiger charge is 2.58. The average Bonchev–Trinajstić information content (AvgIpc) is 3.55. The van der Waals surface area contributed by atoms with Crippen LogP contribution in [0.25, 0.3) is 0 Å². The number of esters is 4. The second kappa shape index (κ2) is 31.8. The van der Waals surface area contributed by atoms with Crippen LogP contribution in [-0.4, -0.2) is 212 Å². The molecule has 5 aliphatic heterocycles. The minimum absolute atomic E-state index is 0.107. The highest BCUT2D eigenvalue weighted by molar-refractivity contribution is 5.74. The monoisotopic (exact) mass is 1140 g/mol. The highest BCUT2D eigenvalue weighted by atomic mass is 16.8. The predicted molar refractivity (Wildman–Crippen MR) is 275 cm³/mol. The van der Waals surface area contributed by atoms with Crippen LogP contribution in [0.1, 0.15) is 159 Å². The molecule has 0 spiro atoms. The summed E-state index contributed by atoms with van der Waals surface area (Å²) in [6, 6.07) is 0. The first kappa shape index (κ1) is 67.0. The number of ether oxygens (including phenoxy) is 12. The van der Waals surface area contributed by atoms with Gasteiger partial charge in [0.05, 0.1) is 54.4 Å². The van der Waals surface area contributed by atoms with Gasteiger partial charge in [-0.2, -0.15) is 0 Å². The van der Waals surface area contributed by atoms with Crippen molar-refractivity contribution in [2.45, 2.75) is 300 Å². The molecule has 0 aliphatic carbocycles. The number of unbranched alkanes of at least 4 members (excludes halogenated alkanes) is 2. The first-order valence-electron chi connectivity index (χ1n) is 28.9. The van der Waals surface area contributed by atoms with Crippen LogP contribution in [0.2, 0.25) is 0 Å². The van der Waals surface area contributed by atoms with E-state index in [1.54, 1.807) is 20.8 Å². The van der Waals surface area contributed by atoms with Gasteiger partial charge in [0.25, 0.3) is 0 Å². The summed E-state index contributed by atoms with van der Waals surface area (Å²) < 4.78 is 74.3. The largest absolute Gasteiger partial charge is 0.463 e. The van der Waals surface area contributed by atoms with E-state index in [0.717, 1.165) is 51.4 Å². The number of carbonyl (C=O) groups excluding carboxylic acids is 4. The molecule has 0 aromatic carbocycles. The summed E-state index contributed by atoms with van der Waals surface area (Å²) in [7, 11) is 0. The lowest BCUT2D eigenvalue weighted by Crippen LogP contribution is -2.68. The molecule has 24 nitrogen and oxygen atoms in total. The Kier molecular flexibility index (Phi) is 27.0. The molecule has 2 bridgehead atoms. The van der Waals surface area contributed by atoms with Crippen molar-refractivity contribution in [2.24, 2.45) is 17.8 Å². The number of aliphatic hydroxyl groups is 8. The topological polar surface area (TPSA) is 341 Å². The van der Waals surface area contributed by atoms with Crippen molar-refractivity contribution >= 4 is 23.9 Å². The molecule has 0 amide bonds. The Bertz CT molecular complexity index is 1860. The lowest BCUT2D eigenvalue weighted by atomic mass is 9.95. The van der Waals surface area contributed by atoms with Crippen molar-refractivity contribution < 1.29 is 117 Å². The first-order valence-corrected chi connectivity index (χ1v) is 28.9. The quantitative estimate of drug-likeness (QED) is 0.0623. The Balaban J connectivity index is 1.60. The predicted octanol–water partition coefficient (Wildman–Crippen LogP) is 2.12. The van der Waals surface area contributed by atoms with Gasteiger partial charge in [0.15, 0.2) is 43.5 Å².